The molecule has 0 aromatic rings. The Hall–Kier alpha value is -0.850. The third-order valence-corrected chi connectivity index (χ3v) is 2.59. The second-order valence-corrected chi connectivity index (χ2v) is 4.02. The number of carbonyl (C=O) groups is 2. The number of ether oxygens (including phenoxy) is 1. The van der Waals surface area contributed by atoms with Crippen molar-refractivity contribution in [2.24, 2.45) is 5.73 Å². The quantitative estimate of drug-likeness (QED) is 0.738. The molecule has 0 unspecified atom stereocenters. The van der Waals surface area contributed by atoms with Crippen LogP contribution in [0.15, 0.2) is 0 Å². The highest BCUT2D eigenvalue weighted by Gasteiger charge is 2.25. The average molecular weight is 267 g/mol. The molecule has 1 rings (SSSR count). The molecular formula is C10H19ClN2O4. The highest BCUT2D eigenvalue weighted by atomic mass is 35.5. The first kappa shape index (κ1) is 16.1. The summed E-state index contributed by atoms with van der Waals surface area (Å²) >= 11 is 0. The second-order valence-electron chi connectivity index (χ2n) is 4.02. The second kappa shape index (κ2) is 7.47. The lowest BCUT2D eigenvalue weighted by atomic mass is 10.1. The van der Waals surface area contributed by atoms with Crippen LogP contribution < -0.4 is 5.73 Å². The summed E-state index contributed by atoms with van der Waals surface area (Å²) in [5, 5.41) is 8.45. The zero-order valence-electron chi connectivity index (χ0n) is 9.80. The summed E-state index contributed by atoms with van der Waals surface area (Å²) in [6.45, 7) is 2.57. The van der Waals surface area contributed by atoms with E-state index in [-0.39, 0.29) is 31.0 Å². The zero-order chi connectivity index (χ0) is 12.1. The first-order valence-corrected chi connectivity index (χ1v) is 5.38. The Balaban J connectivity index is 0.00000256. The minimum Gasteiger partial charge on any atom is -0.480 e. The van der Waals surface area contributed by atoms with Crippen molar-refractivity contribution in [1.82, 2.24) is 4.90 Å². The van der Waals surface area contributed by atoms with Crippen LogP contribution in [0.3, 0.4) is 0 Å². The van der Waals surface area contributed by atoms with Crippen LogP contribution in [0.25, 0.3) is 0 Å². The lowest BCUT2D eigenvalue weighted by Gasteiger charge is -2.32. The number of likely N-dealkylation sites (tertiary alicyclic amines) is 1. The number of hydrogen-bond acceptors (Lipinski definition) is 4. The SMILES string of the molecule is C[C@H](N)C(=O)N1CCC(OCC(=O)O)CC1.Cl. The molecule has 1 fully saturated rings. The molecule has 6 nitrogen and oxygen atoms in total. The van der Waals surface area contributed by atoms with E-state index in [1.165, 1.54) is 0 Å². The zero-order valence-corrected chi connectivity index (χ0v) is 10.6. The van der Waals surface area contributed by atoms with Crippen LogP contribution in [0.1, 0.15) is 19.8 Å². The summed E-state index contributed by atoms with van der Waals surface area (Å²) in [5.74, 6) is -1.02. The molecule has 0 saturated carbocycles. The maximum atomic E-state index is 11.5. The third-order valence-electron chi connectivity index (χ3n) is 2.59. The van der Waals surface area contributed by atoms with Gasteiger partial charge in [0, 0.05) is 13.1 Å². The Bertz CT molecular complexity index is 265. The minimum atomic E-state index is -0.964. The lowest BCUT2D eigenvalue weighted by molar-refractivity contribution is -0.147. The Morgan fingerprint density at radius 1 is 1.47 bits per heavy atom. The van der Waals surface area contributed by atoms with Gasteiger partial charge in [-0.15, -0.1) is 12.4 Å². The van der Waals surface area contributed by atoms with Crippen LogP contribution in [0.4, 0.5) is 0 Å². The van der Waals surface area contributed by atoms with E-state index in [0.29, 0.717) is 25.9 Å². The minimum absolute atomic E-state index is 0. The van der Waals surface area contributed by atoms with Crippen molar-refractivity contribution in [2.75, 3.05) is 19.7 Å². The number of carboxylic acid groups (broad SMARTS) is 1. The number of carboxylic acids is 1. The third kappa shape index (κ3) is 5.34. The summed E-state index contributed by atoms with van der Waals surface area (Å²) in [4.78, 5) is 23.5. The first-order valence-electron chi connectivity index (χ1n) is 5.38. The molecule has 0 aliphatic carbocycles. The maximum Gasteiger partial charge on any atom is 0.329 e. The molecule has 1 atom stereocenters. The molecule has 0 aromatic carbocycles. The molecule has 1 heterocycles. The molecule has 100 valence electrons. The Labute approximate surface area is 107 Å². The standard InChI is InChI=1S/C10H18N2O4.ClH/c1-7(11)10(15)12-4-2-8(3-5-12)16-6-9(13)14;/h7-8H,2-6,11H2,1H3,(H,13,14);1H/t7-;/m0./s1. The van der Waals surface area contributed by atoms with E-state index in [1.54, 1.807) is 11.8 Å². The fraction of sp³-hybridized carbons (Fsp3) is 0.800. The summed E-state index contributed by atoms with van der Waals surface area (Å²) in [6, 6.07) is -0.475. The van der Waals surface area contributed by atoms with E-state index in [1.807, 2.05) is 0 Å². The molecule has 0 spiro atoms. The van der Waals surface area contributed by atoms with Gasteiger partial charge in [-0.05, 0) is 19.8 Å². The van der Waals surface area contributed by atoms with Gasteiger partial charge in [-0.2, -0.15) is 0 Å². The molecule has 1 saturated heterocycles. The van der Waals surface area contributed by atoms with E-state index in [2.05, 4.69) is 0 Å². The molecule has 1 aliphatic rings. The smallest absolute Gasteiger partial charge is 0.329 e. The number of halogens is 1. The molecule has 1 amide bonds. The Morgan fingerprint density at radius 2 is 2.00 bits per heavy atom. The van der Waals surface area contributed by atoms with E-state index in [4.69, 9.17) is 15.6 Å². The number of hydrogen-bond donors (Lipinski definition) is 2. The van der Waals surface area contributed by atoms with Crippen LogP contribution in [-0.4, -0.2) is 53.7 Å². The highest BCUT2D eigenvalue weighted by Crippen LogP contribution is 2.14. The van der Waals surface area contributed by atoms with Crippen molar-refractivity contribution in [3.05, 3.63) is 0 Å². The predicted molar refractivity (Wildman–Crippen MR) is 64.1 cm³/mol. The number of amides is 1. The van der Waals surface area contributed by atoms with Crippen molar-refractivity contribution >= 4 is 24.3 Å². The van der Waals surface area contributed by atoms with Crippen LogP contribution in [0.5, 0.6) is 0 Å². The fourth-order valence-electron chi connectivity index (χ4n) is 1.72. The van der Waals surface area contributed by atoms with E-state index >= 15 is 0 Å². The van der Waals surface area contributed by atoms with Crippen molar-refractivity contribution in [3.8, 4) is 0 Å². The first-order chi connectivity index (χ1) is 7.50. The molecule has 1 aliphatic heterocycles. The number of carbonyl (C=O) groups excluding carboxylic acids is 1. The van der Waals surface area contributed by atoms with Gasteiger partial charge in [0.15, 0.2) is 0 Å². The number of nitrogens with zero attached hydrogens (tertiary/aromatic N) is 1. The highest BCUT2D eigenvalue weighted by molar-refractivity contribution is 5.85. The number of aliphatic carboxylic acids is 1. The van der Waals surface area contributed by atoms with Gasteiger partial charge in [-0.25, -0.2) is 4.79 Å². The van der Waals surface area contributed by atoms with Gasteiger partial charge < -0.3 is 20.5 Å². The van der Waals surface area contributed by atoms with Crippen LogP contribution in [-0.2, 0) is 14.3 Å². The monoisotopic (exact) mass is 266 g/mol. The average Bonchev–Trinajstić information content (AvgIpc) is 2.26. The summed E-state index contributed by atoms with van der Waals surface area (Å²) < 4.78 is 5.16. The largest absolute Gasteiger partial charge is 0.480 e. The van der Waals surface area contributed by atoms with Crippen molar-refractivity contribution in [3.63, 3.8) is 0 Å². The van der Waals surface area contributed by atoms with Gasteiger partial charge in [0.2, 0.25) is 5.91 Å². The van der Waals surface area contributed by atoms with Gasteiger partial charge in [0.1, 0.15) is 6.61 Å². The van der Waals surface area contributed by atoms with Crippen molar-refractivity contribution in [2.45, 2.75) is 31.9 Å². The molecule has 7 heteroatoms. The fourth-order valence-corrected chi connectivity index (χ4v) is 1.72. The predicted octanol–water partition coefficient (Wildman–Crippen LogP) is -0.152. The summed E-state index contributed by atoms with van der Waals surface area (Å²) in [7, 11) is 0. The van der Waals surface area contributed by atoms with Gasteiger partial charge in [0.05, 0.1) is 12.1 Å². The lowest BCUT2D eigenvalue weighted by Crippen LogP contribution is -2.47. The molecule has 0 bridgehead atoms. The van der Waals surface area contributed by atoms with Crippen LogP contribution in [0.2, 0.25) is 0 Å². The van der Waals surface area contributed by atoms with Gasteiger partial charge in [0.25, 0.3) is 0 Å². The van der Waals surface area contributed by atoms with E-state index in [0.717, 1.165) is 0 Å². The van der Waals surface area contributed by atoms with Gasteiger partial charge in [-0.1, -0.05) is 0 Å². The van der Waals surface area contributed by atoms with Gasteiger partial charge >= 0.3 is 5.97 Å². The topological polar surface area (TPSA) is 92.9 Å². The molecule has 3 N–H and O–H groups in total. The van der Waals surface area contributed by atoms with Gasteiger partial charge in [-0.3, -0.25) is 4.79 Å². The molecule has 0 radical (unpaired) electrons. The van der Waals surface area contributed by atoms with E-state index < -0.39 is 12.0 Å². The molecule has 0 aromatic heterocycles. The number of rotatable bonds is 4. The van der Waals surface area contributed by atoms with Crippen LogP contribution >= 0.6 is 12.4 Å². The molecular weight excluding hydrogens is 248 g/mol. The molecule has 17 heavy (non-hydrogen) atoms. The number of piperidine rings is 1. The number of nitrogens with two attached hydrogens (primary N) is 1. The van der Waals surface area contributed by atoms with Crippen molar-refractivity contribution < 1.29 is 19.4 Å². The Morgan fingerprint density at radius 3 is 2.41 bits per heavy atom. The Kier molecular flexibility index (Phi) is 7.10. The summed E-state index contributed by atoms with van der Waals surface area (Å²) in [6.07, 6.45) is 1.28. The van der Waals surface area contributed by atoms with Crippen molar-refractivity contribution in [1.29, 1.82) is 0 Å². The summed E-state index contributed by atoms with van der Waals surface area (Å²) in [5.41, 5.74) is 5.50. The normalized spacial score (nSPS) is 18.4. The maximum absolute atomic E-state index is 11.5. The van der Waals surface area contributed by atoms with Crippen LogP contribution in [0, 0.1) is 0 Å². The van der Waals surface area contributed by atoms with E-state index in [9.17, 15) is 9.59 Å².